The molecule has 0 spiro atoms. The average molecular weight is 328 g/mol. The third-order valence-corrected chi connectivity index (χ3v) is 5.11. The number of hydrogen-bond donors (Lipinski definition) is 0. The van der Waals surface area contributed by atoms with Crippen LogP contribution in [0.1, 0.15) is 31.2 Å². The fourth-order valence-electron chi connectivity index (χ4n) is 3.60. The lowest BCUT2D eigenvalue weighted by atomic mass is 9.94. The van der Waals surface area contributed by atoms with Crippen molar-refractivity contribution >= 4 is 5.91 Å². The predicted octanol–water partition coefficient (Wildman–Crippen LogP) is 3.09. The summed E-state index contributed by atoms with van der Waals surface area (Å²) in [6.45, 7) is 4.55. The molecule has 4 nitrogen and oxygen atoms in total. The Morgan fingerprint density at radius 2 is 1.96 bits per heavy atom. The smallest absolute Gasteiger partial charge is 0.224 e. The van der Waals surface area contributed by atoms with Crippen molar-refractivity contribution in [2.75, 3.05) is 33.3 Å². The SMILES string of the molecule is COc1ccc(CN2CCN(CC3CC=CCC3)CCC2=O)cc1. The number of carbonyl (C=O) groups excluding carboxylic acids is 1. The number of carbonyl (C=O) groups is 1. The zero-order chi connectivity index (χ0) is 16.8. The largest absolute Gasteiger partial charge is 0.497 e. The van der Waals surface area contributed by atoms with Gasteiger partial charge in [-0.2, -0.15) is 0 Å². The van der Waals surface area contributed by atoms with Gasteiger partial charge in [-0.05, 0) is 42.9 Å². The molecule has 1 amide bonds. The maximum atomic E-state index is 12.4. The van der Waals surface area contributed by atoms with E-state index in [9.17, 15) is 4.79 Å². The summed E-state index contributed by atoms with van der Waals surface area (Å²) in [5.41, 5.74) is 1.16. The Kier molecular flexibility index (Phi) is 5.91. The van der Waals surface area contributed by atoms with Gasteiger partial charge in [0, 0.05) is 39.1 Å². The maximum Gasteiger partial charge on any atom is 0.224 e. The molecule has 2 aliphatic rings. The second-order valence-corrected chi connectivity index (χ2v) is 6.86. The normalized spacial score (nSPS) is 22.5. The minimum absolute atomic E-state index is 0.275. The molecular weight excluding hydrogens is 300 g/mol. The van der Waals surface area contributed by atoms with Crippen LogP contribution in [0.15, 0.2) is 36.4 Å². The molecule has 1 unspecified atom stereocenters. The van der Waals surface area contributed by atoms with Crippen LogP contribution in [-0.2, 0) is 11.3 Å². The van der Waals surface area contributed by atoms with Crippen LogP contribution in [0.3, 0.4) is 0 Å². The number of ether oxygens (including phenoxy) is 1. The van der Waals surface area contributed by atoms with Gasteiger partial charge in [0.25, 0.3) is 0 Å². The van der Waals surface area contributed by atoms with E-state index in [4.69, 9.17) is 4.74 Å². The van der Waals surface area contributed by atoms with Crippen molar-refractivity contribution in [1.29, 1.82) is 0 Å². The summed E-state index contributed by atoms with van der Waals surface area (Å²) in [5.74, 6) is 1.89. The highest BCUT2D eigenvalue weighted by atomic mass is 16.5. The minimum Gasteiger partial charge on any atom is -0.497 e. The molecule has 0 aromatic heterocycles. The van der Waals surface area contributed by atoms with E-state index < -0.39 is 0 Å². The molecule has 0 radical (unpaired) electrons. The summed E-state index contributed by atoms with van der Waals surface area (Å²) < 4.78 is 5.19. The molecule has 1 aliphatic heterocycles. The maximum absolute atomic E-state index is 12.4. The highest BCUT2D eigenvalue weighted by Crippen LogP contribution is 2.20. The zero-order valence-corrected chi connectivity index (χ0v) is 14.6. The number of methoxy groups -OCH3 is 1. The molecule has 0 N–H and O–H groups in total. The third-order valence-electron chi connectivity index (χ3n) is 5.11. The van der Waals surface area contributed by atoms with Gasteiger partial charge in [0.15, 0.2) is 0 Å². The van der Waals surface area contributed by atoms with Crippen LogP contribution in [0, 0.1) is 5.92 Å². The molecule has 1 aromatic rings. The van der Waals surface area contributed by atoms with Gasteiger partial charge in [-0.3, -0.25) is 4.79 Å². The standard InChI is InChI=1S/C20H28N2O2/c1-24-19-9-7-18(8-10-19)16-22-14-13-21(12-11-20(22)23)15-17-5-3-2-4-6-17/h2-3,7-10,17H,4-6,11-16H2,1H3. The van der Waals surface area contributed by atoms with Crippen LogP contribution in [-0.4, -0.2) is 49.0 Å². The molecule has 1 aromatic carbocycles. The van der Waals surface area contributed by atoms with Crippen molar-refractivity contribution in [1.82, 2.24) is 9.80 Å². The van der Waals surface area contributed by atoms with Crippen molar-refractivity contribution in [2.24, 2.45) is 5.92 Å². The summed E-state index contributed by atoms with van der Waals surface area (Å²) in [4.78, 5) is 16.9. The van der Waals surface area contributed by atoms with Gasteiger partial charge >= 0.3 is 0 Å². The van der Waals surface area contributed by atoms with Crippen LogP contribution < -0.4 is 4.74 Å². The molecule has 0 saturated carbocycles. The second-order valence-electron chi connectivity index (χ2n) is 6.86. The first-order valence-electron chi connectivity index (χ1n) is 9.02. The Morgan fingerprint density at radius 1 is 1.12 bits per heavy atom. The Hall–Kier alpha value is -1.81. The van der Waals surface area contributed by atoms with Crippen molar-refractivity contribution in [2.45, 2.75) is 32.2 Å². The number of nitrogens with zero attached hydrogens (tertiary/aromatic N) is 2. The van der Waals surface area contributed by atoms with Crippen LogP contribution in [0.25, 0.3) is 0 Å². The van der Waals surface area contributed by atoms with Crippen molar-refractivity contribution < 1.29 is 9.53 Å². The van der Waals surface area contributed by atoms with Crippen LogP contribution in [0.2, 0.25) is 0 Å². The van der Waals surface area contributed by atoms with Gasteiger partial charge in [-0.1, -0.05) is 24.3 Å². The van der Waals surface area contributed by atoms with Gasteiger partial charge in [0.05, 0.1) is 7.11 Å². The molecule has 130 valence electrons. The van der Waals surface area contributed by atoms with Gasteiger partial charge in [-0.15, -0.1) is 0 Å². The highest BCUT2D eigenvalue weighted by Gasteiger charge is 2.23. The first kappa shape index (κ1) is 17.0. The molecule has 3 rings (SSSR count). The van der Waals surface area contributed by atoms with Gasteiger partial charge in [0.2, 0.25) is 5.91 Å². The monoisotopic (exact) mass is 328 g/mol. The molecule has 1 heterocycles. The Morgan fingerprint density at radius 3 is 2.67 bits per heavy atom. The number of hydrogen-bond acceptors (Lipinski definition) is 3. The summed E-state index contributed by atoms with van der Waals surface area (Å²) in [7, 11) is 1.67. The Labute approximate surface area is 145 Å². The quantitative estimate of drug-likeness (QED) is 0.779. The first-order chi connectivity index (χ1) is 11.7. The number of allylic oxidation sites excluding steroid dienone is 2. The van der Waals surface area contributed by atoms with Crippen molar-refractivity contribution in [3.05, 3.63) is 42.0 Å². The Balaban J connectivity index is 1.53. The van der Waals surface area contributed by atoms with E-state index in [0.717, 1.165) is 43.4 Å². The summed E-state index contributed by atoms with van der Waals surface area (Å²) in [6, 6.07) is 8.01. The minimum atomic E-state index is 0.275. The lowest BCUT2D eigenvalue weighted by Gasteiger charge is -2.27. The molecular formula is C20H28N2O2. The molecule has 0 bridgehead atoms. The predicted molar refractivity (Wildman–Crippen MR) is 95.9 cm³/mol. The topological polar surface area (TPSA) is 32.8 Å². The first-order valence-corrected chi connectivity index (χ1v) is 9.02. The van der Waals surface area contributed by atoms with E-state index in [-0.39, 0.29) is 5.91 Å². The summed E-state index contributed by atoms with van der Waals surface area (Å²) in [6.07, 6.45) is 8.93. The van der Waals surface area contributed by atoms with E-state index in [1.807, 2.05) is 29.2 Å². The van der Waals surface area contributed by atoms with Crippen LogP contribution in [0.5, 0.6) is 5.75 Å². The fraction of sp³-hybridized carbons (Fsp3) is 0.550. The fourth-order valence-corrected chi connectivity index (χ4v) is 3.60. The van der Waals surface area contributed by atoms with E-state index in [2.05, 4.69) is 17.1 Å². The Bertz CT molecular complexity index is 568. The summed E-state index contributed by atoms with van der Waals surface area (Å²) >= 11 is 0. The lowest BCUT2D eigenvalue weighted by Crippen LogP contribution is -2.34. The molecule has 1 fully saturated rings. The third kappa shape index (κ3) is 4.60. The van der Waals surface area contributed by atoms with E-state index >= 15 is 0 Å². The van der Waals surface area contributed by atoms with Gasteiger partial charge in [-0.25, -0.2) is 0 Å². The number of rotatable bonds is 5. The van der Waals surface area contributed by atoms with E-state index in [1.54, 1.807) is 7.11 Å². The van der Waals surface area contributed by atoms with Crippen LogP contribution in [0.4, 0.5) is 0 Å². The molecule has 24 heavy (non-hydrogen) atoms. The molecule has 1 aliphatic carbocycles. The van der Waals surface area contributed by atoms with Gasteiger partial charge in [0.1, 0.15) is 5.75 Å². The van der Waals surface area contributed by atoms with E-state index in [1.165, 1.54) is 19.3 Å². The van der Waals surface area contributed by atoms with E-state index in [0.29, 0.717) is 13.0 Å². The van der Waals surface area contributed by atoms with Gasteiger partial charge < -0.3 is 14.5 Å². The van der Waals surface area contributed by atoms with Crippen LogP contribution >= 0.6 is 0 Å². The zero-order valence-electron chi connectivity index (χ0n) is 14.6. The second kappa shape index (κ2) is 8.34. The van der Waals surface area contributed by atoms with Crippen molar-refractivity contribution in [3.8, 4) is 5.75 Å². The highest BCUT2D eigenvalue weighted by molar-refractivity contribution is 5.76. The molecule has 1 atom stereocenters. The average Bonchev–Trinajstić information content (AvgIpc) is 2.79. The molecule has 1 saturated heterocycles. The summed E-state index contributed by atoms with van der Waals surface area (Å²) in [5, 5.41) is 0. The number of amides is 1. The van der Waals surface area contributed by atoms with Crippen molar-refractivity contribution in [3.63, 3.8) is 0 Å². The lowest BCUT2D eigenvalue weighted by molar-refractivity contribution is -0.130. The number of benzene rings is 1. The molecule has 4 heteroatoms.